The molecule has 3 N–H and O–H groups in total. The van der Waals surface area contributed by atoms with Gasteiger partial charge in [-0.1, -0.05) is 24.3 Å². The van der Waals surface area contributed by atoms with Crippen LogP contribution in [0.15, 0.2) is 90.0 Å². The van der Waals surface area contributed by atoms with Crippen molar-refractivity contribution in [1.82, 2.24) is 14.6 Å². The number of hydrogen-bond acceptors (Lipinski definition) is 11. The van der Waals surface area contributed by atoms with Crippen LogP contribution < -0.4 is 20.7 Å². The summed E-state index contributed by atoms with van der Waals surface area (Å²) in [5.74, 6) is -1.97. The largest absolute Gasteiger partial charge is 0.495 e. The number of carbonyl (C=O) groups is 3. The molecule has 272 valence electrons. The van der Waals surface area contributed by atoms with Crippen molar-refractivity contribution in [2.75, 3.05) is 36.9 Å². The van der Waals surface area contributed by atoms with E-state index in [2.05, 4.69) is 15.4 Å². The van der Waals surface area contributed by atoms with Gasteiger partial charge in [0.2, 0.25) is 12.7 Å². The average molecular weight is 733 g/mol. The number of nitrogens with one attached hydrogen (secondary N) is 1. The summed E-state index contributed by atoms with van der Waals surface area (Å²) < 4.78 is 55.1. The van der Waals surface area contributed by atoms with Gasteiger partial charge in [-0.2, -0.15) is 4.98 Å². The van der Waals surface area contributed by atoms with Gasteiger partial charge in [0.15, 0.2) is 15.5 Å². The van der Waals surface area contributed by atoms with E-state index in [1.807, 2.05) is 12.1 Å². The second-order valence-electron chi connectivity index (χ2n) is 12.5. The van der Waals surface area contributed by atoms with Crippen LogP contribution in [0.25, 0.3) is 16.8 Å². The van der Waals surface area contributed by atoms with Crippen molar-refractivity contribution in [3.63, 3.8) is 0 Å². The molecule has 3 aromatic carbocycles. The van der Waals surface area contributed by atoms with E-state index in [0.717, 1.165) is 22.3 Å². The van der Waals surface area contributed by atoms with Crippen molar-refractivity contribution in [1.29, 1.82) is 0 Å². The number of ether oxygens (including phenoxy) is 3. The number of esters is 1. The Labute approximate surface area is 299 Å². The Hall–Kier alpha value is -5.87. The molecule has 1 atom stereocenters. The summed E-state index contributed by atoms with van der Waals surface area (Å²) in [6.07, 6.45) is 1.66. The smallest absolute Gasteiger partial charge is 0.424 e. The highest BCUT2D eigenvalue weighted by Gasteiger charge is 2.31. The van der Waals surface area contributed by atoms with E-state index in [-0.39, 0.29) is 40.5 Å². The number of fused-ring (bicyclic) bond motifs is 1. The third-order valence-electron chi connectivity index (χ3n) is 8.21. The molecule has 0 saturated heterocycles. The van der Waals surface area contributed by atoms with Crippen LogP contribution in [0.1, 0.15) is 32.3 Å². The number of sulfone groups is 1. The lowest BCUT2D eigenvalue weighted by molar-refractivity contribution is -0.161. The van der Waals surface area contributed by atoms with Gasteiger partial charge in [0, 0.05) is 36.3 Å². The molecular formula is C36H37FN6O8S. The van der Waals surface area contributed by atoms with Crippen LogP contribution in [0, 0.1) is 11.2 Å². The lowest BCUT2D eigenvalue weighted by atomic mass is 9.94. The van der Waals surface area contributed by atoms with E-state index in [1.54, 1.807) is 63.4 Å². The van der Waals surface area contributed by atoms with Crippen LogP contribution in [-0.4, -0.2) is 67.7 Å². The Kier molecular flexibility index (Phi) is 10.9. The van der Waals surface area contributed by atoms with Crippen molar-refractivity contribution in [3.05, 3.63) is 96.4 Å². The third-order valence-corrected chi connectivity index (χ3v) is 9.32. The van der Waals surface area contributed by atoms with E-state index < -0.39 is 40.0 Å². The monoisotopic (exact) mass is 732 g/mol. The Balaban J connectivity index is 1.41. The minimum atomic E-state index is -3.63. The number of methoxy groups -OCH3 is 1. The first kappa shape index (κ1) is 37.4. The van der Waals surface area contributed by atoms with Gasteiger partial charge in [0.25, 0.3) is 5.95 Å². The maximum Gasteiger partial charge on any atom is 0.424 e. The number of pyridine rings is 1. The molecule has 5 aromatic rings. The Morgan fingerprint density at radius 1 is 0.981 bits per heavy atom. The van der Waals surface area contributed by atoms with Crippen LogP contribution in [0.2, 0.25) is 0 Å². The second kappa shape index (κ2) is 15.2. The molecule has 2 heterocycles. The molecule has 5 rings (SSSR count). The number of halogens is 1. The molecule has 2 aromatic heterocycles. The maximum atomic E-state index is 13.6. The van der Waals surface area contributed by atoms with Crippen LogP contribution in [-0.2, 0) is 28.9 Å². The molecule has 0 radical (unpaired) electrons. The minimum absolute atomic E-state index is 0.0000738. The molecule has 14 nitrogen and oxygen atoms in total. The summed E-state index contributed by atoms with van der Waals surface area (Å²) in [6, 6.07) is 20.2. The van der Waals surface area contributed by atoms with Crippen molar-refractivity contribution >= 4 is 50.8 Å². The average Bonchev–Trinajstić information content (AvgIpc) is 3.54. The number of benzene rings is 3. The molecule has 0 fully saturated rings. The molecule has 0 spiro atoms. The molecule has 0 saturated carbocycles. The van der Waals surface area contributed by atoms with Crippen molar-refractivity contribution in [2.45, 2.75) is 31.6 Å². The number of nitrogens with zero attached hydrogens (tertiary/aromatic N) is 4. The van der Waals surface area contributed by atoms with Crippen LogP contribution >= 0.6 is 0 Å². The van der Waals surface area contributed by atoms with E-state index >= 15 is 0 Å². The normalized spacial score (nSPS) is 12.2. The number of anilines is 3. The fourth-order valence-electron chi connectivity index (χ4n) is 4.87. The van der Waals surface area contributed by atoms with E-state index in [9.17, 15) is 27.2 Å². The first-order valence-corrected chi connectivity index (χ1v) is 17.8. The van der Waals surface area contributed by atoms with E-state index in [1.165, 1.54) is 42.0 Å². The zero-order valence-corrected chi connectivity index (χ0v) is 29.8. The van der Waals surface area contributed by atoms with Gasteiger partial charge >= 0.3 is 12.1 Å². The highest BCUT2D eigenvalue weighted by atomic mass is 32.2. The van der Waals surface area contributed by atoms with Gasteiger partial charge in [-0.25, -0.2) is 27.0 Å². The summed E-state index contributed by atoms with van der Waals surface area (Å²) in [5, 5.41) is 7.37. The Morgan fingerprint density at radius 3 is 2.29 bits per heavy atom. The fraction of sp³-hybridized carbons (Fsp3) is 0.250. The lowest BCUT2D eigenvalue weighted by Crippen LogP contribution is -2.36. The number of rotatable bonds is 12. The zero-order chi connectivity index (χ0) is 37.8. The standard InChI is InChI=1S/C36H37FN6O8S/c1-22(23-6-11-26(37)12-7-23)32(44)39-27-13-8-24(9-14-27)25-10-17-31-40-34(41-42(31)19-25)43(35(46)51-21-50-33(45)36(2,3)20-38)29-16-15-28(52(5,47)48)18-30(29)49-4/h6-19,22H,20-21,38H2,1-5H3,(H,39,44)/t22-/m1/s1. The SMILES string of the molecule is COc1cc(S(C)(=O)=O)ccc1N(C(=O)OCOC(=O)C(C)(C)CN)c1nc2ccc(-c3ccc(NC(=O)[C@H](C)c4ccc(F)cc4)cc3)cn2n1. The first-order chi connectivity index (χ1) is 24.6. The topological polar surface area (TPSA) is 185 Å². The predicted octanol–water partition coefficient (Wildman–Crippen LogP) is 5.45. The number of nitrogens with two attached hydrogens (primary N) is 1. The van der Waals surface area contributed by atoms with Gasteiger partial charge in [0.05, 0.1) is 29.0 Å². The predicted molar refractivity (Wildman–Crippen MR) is 190 cm³/mol. The van der Waals surface area contributed by atoms with Gasteiger partial charge in [-0.3, -0.25) is 9.59 Å². The van der Waals surface area contributed by atoms with Gasteiger partial charge in [-0.05, 0) is 80.4 Å². The highest BCUT2D eigenvalue weighted by Crippen LogP contribution is 2.35. The molecule has 0 aliphatic rings. The van der Waals surface area contributed by atoms with Gasteiger partial charge < -0.3 is 25.3 Å². The van der Waals surface area contributed by atoms with Gasteiger partial charge in [-0.15, -0.1) is 5.10 Å². The third kappa shape index (κ3) is 8.35. The summed E-state index contributed by atoms with van der Waals surface area (Å²) in [7, 11) is -2.33. The number of aromatic nitrogens is 3. The molecule has 2 amide bonds. The lowest BCUT2D eigenvalue weighted by Gasteiger charge is -2.22. The second-order valence-corrected chi connectivity index (χ2v) is 14.5. The first-order valence-electron chi connectivity index (χ1n) is 15.9. The molecule has 52 heavy (non-hydrogen) atoms. The molecule has 0 aliphatic heterocycles. The zero-order valence-electron chi connectivity index (χ0n) is 29.0. The van der Waals surface area contributed by atoms with Crippen LogP contribution in [0.4, 0.5) is 26.5 Å². The molecule has 0 bridgehead atoms. The molecule has 0 unspecified atom stereocenters. The Bertz CT molecular complexity index is 2220. The minimum Gasteiger partial charge on any atom is -0.495 e. The maximum absolute atomic E-state index is 13.6. The fourth-order valence-corrected chi connectivity index (χ4v) is 5.51. The molecular weight excluding hydrogens is 695 g/mol. The summed E-state index contributed by atoms with van der Waals surface area (Å²) in [6.45, 7) is 4.15. The number of carbonyl (C=O) groups excluding carboxylic acids is 3. The number of amides is 2. The van der Waals surface area contributed by atoms with Crippen LogP contribution in [0.5, 0.6) is 5.75 Å². The van der Waals surface area contributed by atoms with Crippen molar-refractivity contribution < 1.29 is 41.4 Å². The van der Waals surface area contributed by atoms with E-state index in [4.69, 9.17) is 19.9 Å². The summed E-state index contributed by atoms with van der Waals surface area (Å²) in [4.78, 5) is 44.2. The van der Waals surface area contributed by atoms with Crippen LogP contribution in [0.3, 0.4) is 0 Å². The summed E-state index contributed by atoms with van der Waals surface area (Å²) in [5.41, 5.74) is 7.76. The highest BCUT2D eigenvalue weighted by molar-refractivity contribution is 7.90. The van der Waals surface area contributed by atoms with Crippen molar-refractivity contribution in [3.8, 4) is 16.9 Å². The molecule has 16 heteroatoms. The quantitative estimate of drug-likeness (QED) is 0.123. The number of hydrogen-bond donors (Lipinski definition) is 2. The van der Waals surface area contributed by atoms with Crippen molar-refractivity contribution in [2.24, 2.45) is 11.1 Å². The molecule has 0 aliphatic carbocycles. The van der Waals surface area contributed by atoms with E-state index in [0.29, 0.717) is 16.9 Å². The Morgan fingerprint density at radius 2 is 1.65 bits per heavy atom. The van der Waals surface area contributed by atoms with Gasteiger partial charge in [0.1, 0.15) is 11.6 Å². The summed E-state index contributed by atoms with van der Waals surface area (Å²) >= 11 is 0.